The topological polar surface area (TPSA) is 46.5 Å². The minimum atomic E-state index is -0.805. The van der Waals surface area contributed by atoms with Crippen LogP contribution in [0, 0.1) is 0 Å². The van der Waals surface area contributed by atoms with Crippen molar-refractivity contribution in [2.24, 2.45) is 0 Å². The zero-order chi connectivity index (χ0) is 11.5. The number of Topliss-reactive ketones (excluding diaryl/α,β-unsaturated/α-hetero) is 1. The number of benzene rings is 1. The smallest absolute Gasteiger partial charge is 0.161 e. The van der Waals surface area contributed by atoms with Gasteiger partial charge in [0, 0.05) is 12.0 Å². The Morgan fingerprint density at radius 3 is 2.50 bits per heavy atom. The maximum absolute atomic E-state index is 11.5. The van der Waals surface area contributed by atoms with Gasteiger partial charge in [-0.1, -0.05) is 18.2 Å². The lowest BCUT2D eigenvalue weighted by Crippen LogP contribution is -2.07. The molecule has 0 heterocycles. The molecule has 0 aromatic heterocycles. The Morgan fingerprint density at radius 2 is 2.00 bits per heavy atom. The van der Waals surface area contributed by atoms with Gasteiger partial charge in [0.25, 0.3) is 0 Å². The van der Waals surface area contributed by atoms with Crippen molar-refractivity contribution in [3.8, 4) is 5.75 Å². The largest absolute Gasteiger partial charge is 0.497 e. The standard InChI is InChI=1S/C13H14O3/c1-16-10-7-5-9(6-8-10)13(15)11-3-2-4-12(11)14/h3,5-8,13,15H,2,4H2,1H3/t13-/m0/s1. The number of methoxy groups -OCH3 is 1. The van der Waals surface area contributed by atoms with Crippen LogP contribution in [0.15, 0.2) is 35.9 Å². The van der Waals surface area contributed by atoms with E-state index in [9.17, 15) is 9.90 Å². The predicted molar refractivity (Wildman–Crippen MR) is 60.3 cm³/mol. The number of hydrogen-bond donors (Lipinski definition) is 1. The molecule has 16 heavy (non-hydrogen) atoms. The molecule has 0 saturated carbocycles. The Morgan fingerprint density at radius 1 is 1.31 bits per heavy atom. The summed E-state index contributed by atoms with van der Waals surface area (Å²) >= 11 is 0. The molecule has 1 aliphatic carbocycles. The van der Waals surface area contributed by atoms with Gasteiger partial charge in [-0.3, -0.25) is 4.79 Å². The number of ketones is 1. The van der Waals surface area contributed by atoms with E-state index in [4.69, 9.17) is 4.74 Å². The molecule has 0 radical (unpaired) electrons. The highest BCUT2D eigenvalue weighted by molar-refractivity contribution is 5.98. The van der Waals surface area contributed by atoms with Gasteiger partial charge in [0.2, 0.25) is 0 Å². The summed E-state index contributed by atoms with van der Waals surface area (Å²) in [5, 5.41) is 10.0. The van der Waals surface area contributed by atoms with Crippen LogP contribution in [-0.4, -0.2) is 18.0 Å². The van der Waals surface area contributed by atoms with Gasteiger partial charge in [0.05, 0.1) is 7.11 Å². The minimum Gasteiger partial charge on any atom is -0.497 e. The predicted octanol–water partition coefficient (Wildman–Crippen LogP) is 2.02. The van der Waals surface area contributed by atoms with Gasteiger partial charge >= 0.3 is 0 Å². The molecule has 0 unspecified atom stereocenters. The Balaban J connectivity index is 2.20. The fourth-order valence-electron chi connectivity index (χ4n) is 1.85. The van der Waals surface area contributed by atoms with E-state index in [1.165, 1.54) is 0 Å². The van der Waals surface area contributed by atoms with Crippen molar-refractivity contribution < 1.29 is 14.6 Å². The van der Waals surface area contributed by atoms with E-state index in [0.717, 1.165) is 17.7 Å². The first-order valence-electron chi connectivity index (χ1n) is 5.27. The lowest BCUT2D eigenvalue weighted by molar-refractivity contribution is -0.115. The number of rotatable bonds is 3. The number of carbonyl (C=O) groups is 1. The van der Waals surface area contributed by atoms with Crippen LogP contribution in [0.3, 0.4) is 0 Å². The van der Waals surface area contributed by atoms with E-state index in [1.54, 1.807) is 31.4 Å². The molecule has 0 saturated heterocycles. The summed E-state index contributed by atoms with van der Waals surface area (Å²) in [7, 11) is 1.59. The van der Waals surface area contributed by atoms with Crippen LogP contribution in [0.5, 0.6) is 5.75 Å². The summed E-state index contributed by atoms with van der Waals surface area (Å²) in [5.41, 5.74) is 1.24. The summed E-state index contributed by atoms with van der Waals surface area (Å²) in [4.78, 5) is 11.5. The Bertz CT molecular complexity index is 417. The van der Waals surface area contributed by atoms with Crippen LogP contribution in [0.2, 0.25) is 0 Å². The summed E-state index contributed by atoms with van der Waals surface area (Å²) < 4.78 is 5.03. The molecule has 1 atom stereocenters. The fraction of sp³-hybridized carbons (Fsp3) is 0.308. The molecule has 84 valence electrons. The second-order valence-electron chi connectivity index (χ2n) is 3.80. The highest BCUT2D eigenvalue weighted by Crippen LogP contribution is 2.28. The lowest BCUT2D eigenvalue weighted by atomic mass is 10.0. The third-order valence-corrected chi connectivity index (χ3v) is 2.78. The van der Waals surface area contributed by atoms with Gasteiger partial charge in [-0.05, 0) is 24.1 Å². The van der Waals surface area contributed by atoms with Crippen LogP contribution >= 0.6 is 0 Å². The molecular weight excluding hydrogens is 204 g/mol. The molecule has 0 spiro atoms. The van der Waals surface area contributed by atoms with Crippen LogP contribution in [0.1, 0.15) is 24.5 Å². The lowest BCUT2D eigenvalue weighted by Gasteiger charge is -2.11. The number of allylic oxidation sites excluding steroid dienone is 1. The summed E-state index contributed by atoms with van der Waals surface area (Å²) in [5.74, 6) is 0.783. The summed E-state index contributed by atoms with van der Waals surface area (Å²) in [6.45, 7) is 0. The minimum absolute atomic E-state index is 0.0447. The molecule has 2 rings (SSSR count). The van der Waals surface area contributed by atoms with Crippen molar-refractivity contribution in [2.75, 3.05) is 7.11 Å². The highest BCUT2D eigenvalue weighted by atomic mass is 16.5. The first kappa shape index (κ1) is 10.9. The molecule has 3 nitrogen and oxygen atoms in total. The molecule has 1 aliphatic rings. The average Bonchev–Trinajstić information content (AvgIpc) is 2.75. The highest BCUT2D eigenvalue weighted by Gasteiger charge is 2.23. The molecule has 0 bridgehead atoms. The second-order valence-corrected chi connectivity index (χ2v) is 3.80. The quantitative estimate of drug-likeness (QED) is 0.844. The first-order valence-corrected chi connectivity index (χ1v) is 5.27. The summed E-state index contributed by atoms with van der Waals surface area (Å²) in [6.07, 6.45) is 2.27. The third-order valence-electron chi connectivity index (χ3n) is 2.78. The monoisotopic (exact) mass is 218 g/mol. The molecule has 0 aliphatic heterocycles. The van der Waals surface area contributed by atoms with E-state index in [-0.39, 0.29) is 5.78 Å². The average molecular weight is 218 g/mol. The van der Waals surface area contributed by atoms with E-state index in [0.29, 0.717) is 12.0 Å². The Hall–Kier alpha value is -1.61. The zero-order valence-corrected chi connectivity index (χ0v) is 9.14. The molecule has 0 amide bonds. The fourth-order valence-corrected chi connectivity index (χ4v) is 1.85. The van der Waals surface area contributed by atoms with E-state index >= 15 is 0 Å². The maximum atomic E-state index is 11.5. The summed E-state index contributed by atoms with van der Waals surface area (Å²) in [6, 6.07) is 7.10. The van der Waals surface area contributed by atoms with Gasteiger partial charge in [0.15, 0.2) is 5.78 Å². The first-order chi connectivity index (χ1) is 7.72. The Labute approximate surface area is 94.4 Å². The number of aliphatic hydroxyl groups is 1. The number of aliphatic hydroxyl groups excluding tert-OH is 1. The molecule has 1 aromatic carbocycles. The normalized spacial score (nSPS) is 17.1. The maximum Gasteiger partial charge on any atom is 0.161 e. The van der Waals surface area contributed by atoms with Gasteiger partial charge in [-0.2, -0.15) is 0 Å². The second kappa shape index (κ2) is 4.49. The molecular formula is C13H14O3. The molecule has 1 aromatic rings. The van der Waals surface area contributed by atoms with Crippen molar-refractivity contribution in [1.82, 2.24) is 0 Å². The zero-order valence-electron chi connectivity index (χ0n) is 9.14. The van der Waals surface area contributed by atoms with Crippen molar-refractivity contribution in [3.05, 3.63) is 41.5 Å². The van der Waals surface area contributed by atoms with E-state index < -0.39 is 6.10 Å². The number of carbonyl (C=O) groups excluding carboxylic acids is 1. The van der Waals surface area contributed by atoms with Crippen molar-refractivity contribution >= 4 is 5.78 Å². The number of hydrogen-bond acceptors (Lipinski definition) is 3. The van der Waals surface area contributed by atoms with Gasteiger partial charge in [-0.15, -0.1) is 0 Å². The van der Waals surface area contributed by atoms with Gasteiger partial charge in [0.1, 0.15) is 11.9 Å². The van der Waals surface area contributed by atoms with Gasteiger partial charge in [-0.25, -0.2) is 0 Å². The van der Waals surface area contributed by atoms with Gasteiger partial charge < -0.3 is 9.84 Å². The molecule has 1 N–H and O–H groups in total. The Kier molecular flexibility index (Phi) is 3.06. The van der Waals surface area contributed by atoms with E-state index in [1.807, 2.05) is 6.08 Å². The SMILES string of the molecule is COc1ccc([C@H](O)C2=CCCC2=O)cc1. The van der Waals surface area contributed by atoms with Crippen LogP contribution in [0.25, 0.3) is 0 Å². The van der Waals surface area contributed by atoms with Crippen LogP contribution < -0.4 is 4.74 Å². The van der Waals surface area contributed by atoms with Crippen molar-refractivity contribution in [2.45, 2.75) is 18.9 Å². The van der Waals surface area contributed by atoms with Crippen molar-refractivity contribution in [1.29, 1.82) is 0 Å². The van der Waals surface area contributed by atoms with Crippen LogP contribution in [0.4, 0.5) is 0 Å². The molecule has 3 heteroatoms. The molecule has 0 fully saturated rings. The van der Waals surface area contributed by atoms with Crippen molar-refractivity contribution in [3.63, 3.8) is 0 Å². The van der Waals surface area contributed by atoms with Crippen LogP contribution in [-0.2, 0) is 4.79 Å². The van der Waals surface area contributed by atoms with E-state index in [2.05, 4.69) is 0 Å². The number of ether oxygens (including phenoxy) is 1. The third kappa shape index (κ3) is 1.99.